The molecule has 0 fully saturated rings. The second-order valence-corrected chi connectivity index (χ2v) is 6.12. The Balaban J connectivity index is 2.39. The fourth-order valence-corrected chi connectivity index (χ4v) is 3.39. The largest absolute Gasteiger partial charge is 0.312 e. The van der Waals surface area contributed by atoms with Crippen molar-refractivity contribution < 1.29 is 0 Å². The Bertz CT molecular complexity index is 297. The molecule has 0 unspecified atom stereocenters. The van der Waals surface area contributed by atoms with E-state index in [0.717, 1.165) is 18.8 Å². The molecule has 0 aromatic carbocycles. The maximum atomic E-state index is 4.62. The third kappa shape index (κ3) is 4.85. The lowest BCUT2D eigenvalue weighted by Gasteiger charge is -1.99. The third-order valence-electron chi connectivity index (χ3n) is 2.22. The molecular weight excluding hydrogens is 236 g/mol. The van der Waals surface area contributed by atoms with Gasteiger partial charge in [0.15, 0.2) is 0 Å². The Morgan fingerprint density at radius 2 is 2.12 bits per heavy atom. The number of hydrogen-bond donors (Lipinski definition) is 1. The second kappa shape index (κ2) is 8.09. The van der Waals surface area contributed by atoms with Gasteiger partial charge in [0.2, 0.25) is 0 Å². The Kier molecular flexibility index (Phi) is 7.08. The summed E-state index contributed by atoms with van der Waals surface area (Å²) in [6.45, 7) is 8.61. The lowest BCUT2D eigenvalue weighted by Crippen LogP contribution is -2.13. The number of aromatic nitrogens is 1. The zero-order valence-electron chi connectivity index (χ0n) is 10.5. The van der Waals surface area contributed by atoms with Crippen LogP contribution >= 0.6 is 23.1 Å². The summed E-state index contributed by atoms with van der Waals surface area (Å²) in [6.07, 6.45) is 2.44. The maximum absolute atomic E-state index is 4.62. The van der Waals surface area contributed by atoms with Crippen LogP contribution in [0.2, 0.25) is 0 Å². The lowest BCUT2D eigenvalue weighted by atomic mass is 10.4. The molecule has 1 rings (SSSR count). The molecule has 16 heavy (non-hydrogen) atoms. The van der Waals surface area contributed by atoms with E-state index >= 15 is 0 Å². The maximum Gasteiger partial charge on any atom is 0.103 e. The van der Waals surface area contributed by atoms with E-state index in [9.17, 15) is 0 Å². The monoisotopic (exact) mass is 258 g/mol. The smallest absolute Gasteiger partial charge is 0.103 e. The predicted octanol–water partition coefficient (Wildman–Crippen LogP) is 3.59. The van der Waals surface area contributed by atoms with Crippen LogP contribution in [0.5, 0.6) is 0 Å². The average Bonchev–Trinajstić information content (AvgIpc) is 2.61. The van der Waals surface area contributed by atoms with Gasteiger partial charge in [-0.1, -0.05) is 13.8 Å². The topological polar surface area (TPSA) is 24.9 Å². The number of thiazole rings is 1. The zero-order chi connectivity index (χ0) is 11.8. The van der Waals surface area contributed by atoms with Gasteiger partial charge < -0.3 is 5.32 Å². The molecule has 1 aromatic heterocycles. The molecule has 0 radical (unpaired) electrons. The van der Waals surface area contributed by atoms with Crippen molar-refractivity contribution in [3.8, 4) is 0 Å². The molecule has 92 valence electrons. The molecule has 0 saturated carbocycles. The van der Waals surface area contributed by atoms with Crippen molar-refractivity contribution in [2.24, 2.45) is 0 Å². The Morgan fingerprint density at radius 1 is 1.31 bits per heavy atom. The molecule has 0 atom stereocenters. The van der Waals surface area contributed by atoms with Crippen LogP contribution in [0.3, 0.4) is 0 Å². The highest BCUT2D eigenvalue weighted by atomic mass is 32.2. The summed E-state index contributed by atoms with van der Waals surface area (Å²) in [6, 6.07) is 0. The van der Waals surface area contributed by atoms with Gasteiger partial charge in [-0.3, -0.25) is 0 Å². The normalized spacial score (nSPS) is 10.9. The van der Waals surface area contributed by atoms with Crippen LogP contribution in [-0.2, 0) is 12.3 Å². The lowest BCUT2D eigenvalue weighted by molar-refractivity contribution is 0.678. The molecule has 0 aliphatic carbocycles. The Labute approximate surface area is 107 Å². The predicted molar refractivity (Wildman–Crippen MR) is 75.3 cm³/mol. The molecule has 1 N–H and O–H groups in total. The summed E-state index contributed by atoms with van der Waals surface area (Å²) in [4.78, 5) is 6.02. The van der Waals surface area contributed by atoms with Crippen LogP contribution in [0, 0.1) is 6.92 Å². The van der Waals surface area contributed by atoms with E-state index in [0.29, 0.717) is 0 Å². The van der Waals surface area contributed by atoms with Crippen molar-refractivity contribution in [2.75, 3.05) is 12.3 Å². The first-order valence-corrected chi connectivity index (χ1v) is 7.98. The minimum atomic E-state index is 0.982. The molecule has 2 nitrogen and oxygen atoms in total. The molecule has 0 aliphatic heterocycles. The van der Waals surface area contributed by atoms with Gasteiger partial charge in [-0.25, -0.2) is 4.98 Å². The van der Waals surface area contributed by atoms with Crippen LogP contribution in [0.15, 0.2) is 0 Å². The molecule has 0 bridgehead atoms. The molecule has 0 amide bonds. The quantitative estimate of drug-likeness (QED) is 0.721. The highest BCUT2D eigenvalue weighted by molar-refractivity contribution is 7.98. The third-order valence-corrected chi connectivity index (χ3v) is 4.74. The first kappa shape index (κ1) is 14.0. The van der Waals surface area contributed by atoms with Crippen molar-refractivity contribution in [1.82, 2.24) is 10.3 Å². The molecule has 0 saturated heterocycles. The summed E-state index contributed by atoms with van der Waals surface area (Å²) < 4.78 is 0. The molecule has 0 spiro atoms. The van der Waals surface area contributed by atoms with Gasteiger partial charge >= 0.3 is 0 Å². The number of hydrogen-bond acceptors (Lipinski definition) is 4. The molecule has 0 aliphatic rings. The second-order valence-electron chi connectivity index (χ2n) is 3.85. The van der Waals surface area contributed by atoms with Crippen molar-refractivity contribution in [2.45, 2.75) is 45.9 Å². The molecule has 1 aromatic rings. The minimum Gasteiger partial charge on any atom is -0.312 e. The SMILES string of the molecule is CCCNCc1sc(CSCCC)nc1C. The zero-order valence-corrected chi connectivity index (χ0v) is 12.1. The average molecular weight is 258 g/mol. The van der Waals surface area contributed by atoms with Gasteiger partial charge in [0, 0.05) is 17.2 Å². The first-order valence-electron chi connectivity index (χ1n) is 6.01. The fourth-order valence-electron chi connectivity index (χ4n) is 1.40. The molecular formula is C12H22N2S2. The van der Waals surface area contributed by atoms with Crippen LogP contribution < -0.4 is 5.32 Å². The first-order chi connectivity index (χ1) is 7.77. The van der Waals surface area contributed by atoms with Crippen molar-refractivity contribution in [3.63, 3.8) is 0 Å². The molecule has 1 heterocycles. The van der Waals surface area contributed by atoms with E-state index < -0.39 is 0 Å². The van der Waals surface area contributed by atoms with Gasteiger partial charge in [0.1, 0.15) is 5.01 Å². The molecule has 4 heteroatoms. The summed E-state index contributed by atoms with van der Waals surface area (Å²) >= 11 is 3.85. The van der Waals surface area contributed by atoms with Crippen LogP contribution in [-0.4, -0.2) is 17.3 Å². The van der Waals surface area contributed by atoms with Gasteiger partial charge in [-0.15, -0.1) is 11.3 Å². The summed E-state index contributed by atoms with van der Waals surface area (Å²) in [5.41, 5.74) is 1.21. The summed E-state index contributed by atoms with van der Waals surface area (Å²) in [7, 11) is 0. The summed E-state index contributed by atoms with van der Waals surface area (Å²) in [5, 5.41) is 4.72. The number of nitrogens with one attached hydrogen (secondary N) is 1. The van der Waals surface area contributed by atoms with Crippen LogP contribution in [0.25, 0.3) is 0 Å². The van der Waals surface area contributed by atoms with Gasteiger partial charge in [-0.05, 0) is 32.1 Å². The van der Waals surface area contributed by atoms with E-state index in [2.05, 4.69) is 31.1 Å². The van der Waals surface area contributed by atoms with E-state index in [1.54, 1.807) is 0 Å². The van der Waals surface area contributed by atoms with E-state index in [1.165, 1.54) is 34.2 Å². The van der Waals surface area contributed by atoms with Gasteiger partial charge in [0.25, 0.3) is 0 Å². The van der Waals surface area contributed by atoms with Crippen molar-refractivity contribution in [1.29, 1.82) is 0 Å². The highest BCUT2D eigenvalue weighted by Crippen LogP contribution is 2.22. The van der Waals surface area contributed by atoms with E-state index in [-0.39, 0.29) is 0 Å². The van der Waals surface area contributed by atoms with Crippen molar-refractivity contribution in [3.05, 3.63) is 15.6 Å². The Hall–Kier alpha value is -0.0600. The summed E-state index contributed by atoms with van der Waals surface area (Å²) in [5.74, 6) is 2.31. The Morgan fingerprint density at radius 3 is 2.81 bits per heavy atom. The fraction of sp³-hybridized carbons (Fsp3) is 0.750. The number of thioether (sulfide) groups is 1. The van der Waals surface area contributed by atoms with Gasteiger partial charge in [0.05, 0.1) is 5.69 Å². The van der Waals surface area contributed by atoms with E-state index in [1.807, 2.05) is 23.1 Å². The van der Waals surface area contributed by atoms with E-state index in [4.69, 9.17) is 0 Å². The van der Waals surface area contributed by atoms with Crippen molar-refractivity contribution >= 4 is 23.1 Å². The number of nitrogens with zero attached hydrogens (tertiary/aromatic N) is 1. The minimum absolute atomic E-state index is 0.982. The number of aryl methyl sites for hydroxylation is 1. The van der Waals surface area contributed by atoms with Gasteiger partial charge in [-0.2, -0.15) is 11.8 Å². The van der Waals surface area contributed by atoms with Crippen LogP contribution in [0.4, 0.5) is 0 Å². The standard InChI is InChI=1S/C12H22N2S2/c1-4-6-13-8-11-10(3)14-12(16-11)9-15-7-5-2/h13H,4-9H2,1-3H3. The highest BCUT2D eigenvalue weighted by Gasteiger charge is 2.06. The number of rotatable bonds is 8. The van der Waals surface area contributed by atoms with Crippen LogP contribution in [0.1, 0.15) is 42.3 Å².